The maximum absolute atomic E-state index is 12.5. The zero-order valence-corrected chi connectivity index (χ0v) is 12.4. The van der Waals surface area contributed by atoms with Gasteiger partial charge in [-0.25, -0.2) is 0 Å². The second-order valence-corrected chi connectivity index (χ2v) is 5.94. The van der Waals surface area contributed by atoms with Crippen LogP contribution in [-0.2, 0) is 0 Å². The first-order valence-electron chi connectivity index (χ1n) is 6.61. The maximum atomic E-state index is 12.5. The number of nitrogens with one attached hydrogen (secondary N) is 1. The number of amides is 1. The van der Waals surface area contributed by atoms with Gasteiger partial charge in [0.25, 0.3) is 5.91 Å². The van der Waals surface area contributed by atoms with Gasteiger partial charge in [0.1, 0.15) is 0 Å². The molecule has 3 nitrogen and oxygen atoms in total. The molecular weight excluding hydrogens is 280 g/mol. The molecule has 1 amide bonds. The Kier molecular flexibility index (Phi) is 3.79. The summed E-state index contributed by atoms with van der Waals surface area (Å²) < 4.78 is 0. The Morgan fingerprint density at radius 2 is 1.90 bits per heavy atom. The molecule has 0 unspecified atom stereocenters. The molecule has 3 aromatic rings. The van der Waals surface area contributed by atoms with E-state index in [1.54, 1.807) is 29.8 Å². The third-order valence-electron chi connectivity index (χ3n) is 3.10. The monoisotopic (exact) mass is 294 g/mol. The van der Waals surface area contributed by atoms with E-state index in [0.717, 1.165) is 16.1 Å². The van der Waals surface area contributed by atoms with Crippen LogP contribution in [0.2, 0.25) is 0 Å². The average Bonchev–Trinajstić information content (AvgIpc) is 2.95. The summed E-state index contributed by atoms with van der Waals surface area (Å²) >= 11 is 1.66. The first kappa shape index (κ1) is 13.5. The minimum absolute atomic E-state index is 0.121. The number of para-hydroxylation sites is 1. The normalized spacial score (nSPS) is 10.3. The van der Waals surface area contributed by atoms with Gasteiger partial charge in [0.15, 0.2) is 0 Å². The highest BCUT2D eigenvalue weighted by atomic mass is 32.1. The van der Waals surface area contributed by atoms with Crippen LogP contribution in [0.5, 0.6) is 0 Å². The van der Waals surface area contributed by atoms with Gasteiger partial charge in [-0.15, -0.1) is 11.3 Å². The number of benzene rings is 1. The second-order valence-electron chi connectivity index (χ2n) is 4.65. The molecule has 0 radical (unpaired) electrons. The summed E-state index contributed by atoms with van der Waals surface area (Å²) in [5, 5.41) is 2.91. The quantitative estimate of drug-likeness (QED) is 0.779. The van der Waals surface area contributed by atoms with Gasteiger partial charge >= 0.3 is 0 Å². The molecule has 0 bridgehead atoms. The highest BCUT2D eigenvalue weighted by Gasteiger charge is 2.14. The van der Waals surface area contributed by atoms with Gasteiger partial charge in [-0.1, -0.05) is 18.2 Å². The molecule has 0 saturated carbocycles. The van der Waals surface area contributed by atoms with Crippen LogP contribution < -0.4 is 5.32 Å². The van der Waals surface area contributed by atoms with Gasteiger partial charge in [-0.3, -0.25) is 9.78 Å². The fourth-order valence-corrected chi connectivity index (χ4v) is 2.98. The summed E-state index contributed by atoms with van der Waals surface area (Å²) in [7, 11) is 0. The number of thiophene rings is 1. The number of carbonyl (C=O) groups is 1. The van der Waals surface area contributed by atoms with Gasteiger partial charge in [-0.05, 0) is 37.3 Å². The Labute approximate surface area is 127 Å². The number of hydrogen-bond donors (Lipinski definition) is 1. The maximum Gasteiger partial charge on any atom is 0.256 e. The van der Waals surface area contributed by atoms with E-state index < -0.39 is 0 Å². The van der Waals surface area contributed by atoms with E-state index in [1.807, 2.05) is 49.4 Å². The van der Waals surface area contributed by atoms with Crippen LogP contribution in [0.1, 0.15) is 15.2 Å². The molecule has 4 heteroatoms. The van der Waals surface area contributed by atoms with Crippen LogP contribution in [0.3, 0.4) is 0 Å². The van der Waals surface area contributed by atoms with Crippen LogP contribution in [-0.4, -0.2) is 10.9 Å². The summed E-state index contributed by atoms with van der Waals surface area (Å²) in [5.74, 6) is -0.121. The number of nitrogens with zero attached hydrogens (tertiary/aromatic N) is 1. The molecule has 0 fully saturated rings. The fourth-order valence-electron chi connectivity index (χ4n) is 2.09. The number of aryl methyl sites for hydroxylation is 1. The molecule has 104 valence electrons. The highest BCUT2D eigenvalue weighted by Crippen LogP contribution is 2.30. The molecule has 0 aliphatic carbocycles. The zero-order valence-electron chi connectivity index (χ0n) is 11.5. The predicted molar refractivity (Wildman–Crippen MR) is 86.7 cm³/mol. The first-order valence-corrected chi connectivity index (χ1v) is 7.43. The zero-order chi connectivity index (χ0) is 14.7. The van der Waals surface area contributed by atoms with E-state index in [2.05, 4.69) is 10.3 Å². The summed E-state index contributed by atoms with van der Waals surface area (Å²) in [6.07, 6.45) is 3.38. The van der Waals surface area contributed by atoms with E-state index in [9.17, 15) is 4.79 Å². The van der Waals surface area contributed by atoms with Crippen molar-refractivity contribution in [3.8, 4) is 10.4 Å². The summed E-state index contributed by atoms with van der Waals surface area (Å²) in [4.78, 5) is 18.9. The summed E-state index contributed by atoms with van der Waals surface area (Å²) in [6, 6.07) is 15.3. The lowest BCUT2D eigenvalue weighted by Crippen LogP contribution is -2.13. The standard InChI is InChI=1S/C17H14N2OS/c1-12-7-8-16(21-12)15-11-18-10-9-14(15)17(20)19-13-5-3-2-4-6-13/h2-11H,1H3,(H,19,20). The van der Waals surface area contributed by atoms with Crippen LogP contribution in [0.25, 0.3) is 10.4 Å². The van der Waals surface area contributed by atoms with Crippen molar-refractivity contribution in [2.24, 2.45) is 0 Å². The van der Waals surface area contributed by atoms with Crippen molar-refractivity contribution in [3.05, 3.63) is 71.4 Å². The predicted octanol–water partition coefficient (Wildman–Crippen LogP) is 4.37. The largest absolute Gasteiger partial charge is 0.322 e. The molecule has 1 aromatic carbocycles. The molecule has 3 rings (SSSR count). The van der Waals surface area contributed by atoms with Crippen molar-refractivity contribution >= 4 is 22.9 Å². The molecule has 1 N–H and O–H groups in total. The van der Waals surface area contributed by atoms with Crippen LogP contribution in [0, 0.1) is 6.92 Å². The molecule has 0 aliphatic heterocycles. The summed E-state index contributed by atoms with van der Waals surface area (Å²) in [5.41, 5.74) is 2.28. The van der Waals surface area contributed by atoms with Crippen LogP contribution >= 0.6 is 11.3 Å². The molecule has 0 spiro atoms. The molecular formula is C17H14N2OS. The second kappa shape index (κ2) is 5.89. The third-order valence-corrected chi connectivity index (χ3v) is 4.14. The van der Waals surface area contributed by atoms with Crippen LogP contribution in [0.15, 0.2) is 60.9 Å². The van der Waals surface area contributed by atoms with Crippen molar-refractivity contribution in [2.75, 3.05) is 5.32 Å². The summed E-state index contributed by atoms with van der Waals surface area (Å²) in [6.45, 7) is 2.05. The number of carbonyl (C=O) groups excluding carboxylic acids is 1. The third kappa shape index (κ3) is 3.01. The first-order chi connectivity index (χ1) is 10.2. The average molecular weight is 294 g/mol. The van der Waals surface area contributed by atoms with Gasteiger partial charge in [-0.2, -0.15) is 0 Å². The van der Waals surface area contributed by atoms with Crippen molar-refractivity contribution in [3.63, 3.8) is 0 Å². The molecule has 21 heavy (non-hydrogen) atoms. The lowest BCUT2D eigenvalue weighted by Gasteiger charge is -2.08. The topological polar surface area (TPSA) is 42.0 Å². The smallest absolute Gasteiger partial charge is 0.256 e. The Bertz CT molecular complexity index is 765. The van der Waals surface area contributed by atoms with Gasteiger partial charge in [0.05, 0.1) is 5.56 Å². The Morgan fingerprint density at radius 1 is 1.10 bits per heavy atom. The van der Waals surface area contributed by atoms with E-state index in [0.29, 0.717) is 5.56 Å². The van der Waals surface area contributed by atoms with E-state index in [1.165, 1.54) is 4.88 Å². The highest BCUT2D eigenvalue weighted by molar-refractivity contribution is 7.15. The van der Waals surface area contributed by atoms with Crippen molar-refractivity contribution in [2.45, 2.75) is 6.92 Å². The number of aromatic nitrogens is 1. The number of anilines is 1. The molecule has 2 heterocycles. The van der Waals surface area contributed by atoms with E-state index >= 15 is 0 Å². The minimum Gasteiger partial charge on any atom is -0.322 e. The van der Waals surface area contributed by atoms with Gasteiger partial charge in [0, 0.05) is 33.4 Å². The molecule has 0 saturated heterocycles. The van der Waals surface area contributed by atoms with E-state index in [-0.39, 0.29) is 5.91 Å². The Hall–Kier alpha value is -2.46. The lowest BCUT2D eigenvalue weighted by atomic mass is 10.1. The minimum atomic E-state index is -0.121. The fraction of sp³-hybridized carbons (Fsp3) is 0.0588. The number of pyridine rings is 1. The Balaban J connectivity index is 1.94. The molecule has 0 atom stereocenters. The number of hydrogen-bond acceptors (Lipinski definition) is 3. The van der Waals surface area contributed by atoms with Gasteiger partial charge < -0.3 is 5.32 Å². The van der Waals surface area contributed by atoms with Crippen molar-refractivity contribution < 1.29 is 4.79 Å². The number of rotatable bonds is 3. The molecule has 2 aromatic heterocycles. The van der Waals surface area contributed by atoms with E-state index in [4.69, 9.17) is 0 Å². The molecule has 0 aliphatic rings. The SMILES string of the molecule is Cc1ccc(-c2cnccc2C(=O)Nc2ccccc2)s1. The van der Waals surface area contributed by atoms with Gasteiger partial charge in [0.2, 0.25) is 0 Å². The van der Waals surface area contributed by atoms with Crippen LogP contribution in [0.4, 0.5) is 5.69 Å². The van der Waals surface area contributed by atoms with Crippen molar-refractivity contribution in [1.29, 1.82) is 0 Å². The lowest BCUT2D eigenvalue weighted by molar-refractivity contribution is 0.102. The van der Waals surface area contributed by atoms with Crippen molar-refractivity contribution in [1.82, 2.24) is 4.98 Å². The Morgan fingerprint density at radius 3 is 2.62 bits per heavy atom.